The number of aliphatic carboxylic acids is 1. The Balaban J connectivity index is 2.40. The van der Waals surface area contributed by atoms with Crippen LogP contribution in [0.5, 0.6) is 17.2 Å². The van der Waals surface area contributed by atoms with Crippen molar-refractivity contribution in [2.45, 2.75) is 19.3 Å². The molecule has 0 radical (unpaired) electrons. The molecule has 0 aliphatic carbocycles. The third-order valence-corrected chi connectivity index (χ3v) is 4.09. The number of halogens is 1. The average molecular weight is 365 g/mol. The van der Waals surface area contributed by atoms with Crippen LogP contribution in [0.1, 0.15) is 24.0 Å². The van der Waals surface area contributed by atoms with Crippen LogP contribution < -0.4 is 14.2 Å². The van der Waals surface area contributed by atoms with Crippen LogP contribution in [0.15, 0.2) is 36.4 Å². The number of benzene rings is 2. The number of carboxylic acids is 1. The highest BCUT2D eigenvalue weighted by molar-refractivity contribution is 6.30. The van der Waals surface area contributed by atoms with Crippen molar-refractivity contribution in [2.24, 2.45) is 0 Å². The minimum Gasteiger partial charge on any atom is -0.494 e. The maximum atomic E-state index is 11.9. The molecule has 2 rings (SSSR count). The van der Waals surface area contributed by atoms with Gasteiger partial charge in [0, 0.05) is 5.02 Å². The Hall–Kier alpha value is -2.40. The smallest absolute Gasteiger partial charge is 0.311 e. The van der Waals surface area contributed by atoms with Gasteiger partial charge in [0.1, 0.15) is 5.75 Å². The Morgan fingerprint density at radius 3 is 2.36 bits per heavy atom. The third kappa shape index (κ3) is 4.57. The Bertz CT molecular complexity index is 745. The molecule has 1 N–H and O–H groups in total. The molecule has 134 valence electrons. The maximum absolute atomic E-state index is 11.9. The van der Waals surface area contributed by atoms with Gasteiger partial charge in [0.05, 0.1) is 26.7 Å². The van der Waals surface area contributed by atoms with Gasteiger partial charge in [-0.25, -0.2) is 0 Å². The fourth-order valence-electron chi connectivity index (χ4n) is 2.64. The van der Waals surface area contributed by atoms with Crippen LogP contribution in [0, 0.1) is 0 Å². The predicted molar refractivity (Wildman–Crippen MR) is 96.2 cm³/mol. The van der Waals surface area contributed by atoms with Gasteiger partial charge in [0.25, 0.3) is 0 Å². The van der Waals surface area contributed by atoms with E-state index in [4.69, 9.17) is 25.8 Å². The van der Waals surface area contributed by atoms with E-state index in [-0.39, 0.29) is 6.42 Å². The molecule has 0 aliphatic heterocycles. The highest BCUT2D eigenvalue weighted by Crippen LogP contribution is 2.34. The summed E-state index contributed by atoms with van der Waals surface area (Å²) in [5.41, 5.74) is 1.36. The van der Waals surface area contributed by atoms with E-state index in [2.05, 4.69) is 0 Å². The summed E-state index contributed by atoms with van der Waals surface area (Å²) in [6.07, 6.45) is 0.251. The summed E-state index contributed by atoms with van der Waals surface area (Å²) in [4.78, 5) is 11.9. The first-order chi connectivity index (χ1) is 12.0. The molecule has 0 heterocycles. The molecule has 0 spiro atoms. The van der Waals surface area contributed by atoms with Crippen LogP contribution in [0.2, 0.25) is 5.02 Å². The number of methoxy groups -OCH3 is 2. The lowest BCUT2D eigenvalue weighted by Gasteiger charge is -2.17. The molecule has 0 amide bonds. The van der Waals surface area contributed by atoms with E-state index in [1.165, 1.54) is 14.2 Å². The fourth-order valence-corrected chi connectivity index (χ4v) is 2.84. The number of hydrogen-bond donors (Lipinski definition) is 1. The highest BCUT2D eigenvalue weighted by Gasteiger charge is 2.23. The summed E-state index contributed by atoms with van der Waals surface area (Å²) in [5.74, 6) is -0.0266. The molecular weight excluding hydrogens is 344 g/mol. The monoisotopic (exact) mass is 364 g/mol. The van der Waals surface area contributed by atoms with E-state index in [0.29, 0.717) is 34.4 Å². The Morgan fingerprint density at radius 2 is 1.76 bits per heavy atom. The quantitative estimate of drug-likeness (QED) is 0.761. The molecule has 5 nitrogen and oxygen atoms in total. The number of rotatable bonds is 8. The van der Waals surface area contributed by atoms with Gasteiger partial charge in [0.2, 0.25) is 0 Å². The SMILES string of the molecule is CCOc1ccc(Cl)cc1CC(C(=O)O)c1ccc(OC)c(OC)c1. The van der Waals surface area contributed by atoms with E-state index in [1.807, 2.05) is 6.92 Å². The molecule has 0 saturated heterocycles. The predicted octanol–water partition coefficient (Wildman–Crippen LogP) is 4.17. The first-order valence-corrected chi connectivity index (χ1v) is 8.23. The van der Waals surface area contributed by atoms with Gasteiger partial charge in [-0.1, -0.05) is 17.7 Å². The van der Waals surface area contributed by atoms with Crippen molar-refractivity contribution in [1.29, 1.82) is 0 Å². The van der Waals surface area contributed by atoms with E-state index in [1.54, 1.807) is 36.4 Å². The second kappa shape index (κ2) is 8.62. The summed E-state index contributed by atoms with van der Waals surface area (Å²) in [6, 6.07) is 10.3. The van der Waals surface area contributed by atoms with Crippen LogP contribution in [-0.4, -0.2) is 31.9 Å². The zero-order valence-electron chi connectivity index (χ0n) is 14.4. The van der Waals surface area contributed by atoms with Gasteiger partial charge < -0.3 is 19.3 Å². The molecule has 25 heavy (non-hydrogen) atoms. The van der Waals surface area contributed by atoms with E-state index in [0.717, 1.165) is 5.56 Å². The number of hydrogen-bond acceptors (Lipinski definition) is 4. The summed E-state index contributed by atoms with van der Waals surface area (Å²) in [7, 11) is 3.05. The zero-order chi connectivity index (χ0) is 18.4. The summed E-state index contributed by atoms with van der Waals surface area (Å²) in [5, 5.41) is 10.3. The molecule has 1 unspecified atom stereocenters. The number of carboxylic acid groups (broad SMARTS) is 1. The second-order valence-electron chi connectivity index (χ2n) is 5.39. The molecule has 1 atom stereocenters. The summed E-state index contributed by atoms with van der Waals surface area (Å²) in [6.45, 7) is 2.37. The van der Waals surface area contributed by atoms with E-state index >= 15 is 0 Å². The van der Waals surface area contributed by atoms with Crippen molar-refractivity contribution in [3.63, 3.8) is 0 Å². The molecule has 6 heteroatoms. The van der Waals surface area contributed by atoms with Gasteiger partial charge in [-0.2, -0.15) is 0 Å². The van der Waals surface area contributed by atoms with Crippen LogP contribution >= 0.6 is 11.6 Å². The lowest BCUT2D eigenvalue weighted by molar-refractivity contribution is -0.138. The minimum atomic E-state index is -0.936. The Morgan fingerprint density at radius 1 is 1.08 bits per heavy atom. The van der Waals surface area contributed by atoms with Gasteiger partial charge in [-0.05, 0) is 54.8 Å². The van der Waals surface area contributed by atoms with Gasteiger partial charge in [-0.3, -0.25) is 4.79 Å². The van der Waals surface area contributed by atoms with Crippen molar-refractivity contribution in [3.05, 3.63) is 52.5 Å². The topological polar surface area (TPSA) is 65.0 Å². The van der Waals surface area contributed by atoms with E-state index in [9.17, 15) is 9.90 Å². The minimum absolute atomic E-state index is 0.251. The first-order valence-electron chi connectivity index (χ1n) is 7.86. The van der Waals surface area contributed by atoms with Crippen molar-refractivity contribution in [3.8, 4) is 17.2 Å². The van der Waals surface area contributed by atoms with Crippen molar-refractivity contribution in [1.82, 2.24) is 0 Å². The Labute approximate surface area is 152 Å². The number of carbonyl (C=O) groups is 1. The highest BCUT2D eigenvalue weighted by atomic mass is 35.5. The molecule has 0 bridgehead atoms. The van der Waals surface area contributed by atoms with Crippen LogP contribution in [0.3, 0.4) is 0 Å². The van der Waals surface area contributed by atoms with Crippen LogP contribution in [0.4, 0.5) is 0 Å². The lowest BCUT2D eigenvalue weighted by Crippen LogP contribution is -2.15. The normalized spacial score (nSPS) is 11.7. The van der Waals surface area contributed by atoms with Crippen molar-refractivity contribution in [2.75, 3.05) is 20.8 Å². The van der Waals surface area contributed by atoms with Gasteiger partial charge >= 0.3 is 5.97 Å². The summed E-state index contributed by atoms with van der Waals surface area (Å²) < 4.78 is 16.1. The zero-order valence-corrected chi connectivity index (χ0v) is 15.2. The van der Waals surface area contributed by atoms with Crippen molar-refractivity contribution < 1.29 is 24.1 Å². The van der Waals surface area contributed by atoms with Crippen LogP contribution in [0.25, 0.3) is 0 Å². The first kappa shape index (κ1) is 18.9. The maximum Gasteiger partial charge on any atom is 0.311 e. The molecule has 0 aromatic heterocycles. The largest absolute Gasteiger partial charge is 0.494 e. The number of ether oxygens (including phenoxy) is 3. The molecule has 0 saturated carbocycles. The average Bonchev–Trinajstić information content (AvgIpc) is 2.61. The molecule has 2 aromatic carbocycles. The third-order valence-electron chi connectivity index (χ3n) is 3.85. The van der Waals surface area contributed by atoms with Gasteiger partial charge in [0.15, 0.2) is 11.5 Å². The molecule has 0 aliphatic rings. The lowest BCUT2D eigenvalue weighted by atomic mass is 9.91. The molecular formula is C19H21ClO5. The fraction of sp³-hybridized carbons (Fsp3) is 0.316. The standard InChI is InChI=1S/C19H21ClO5/c1-4-25-16-8-6-14(20)9-13(16)10-15(19(21)22)12-5-7-17(23-2)18(11-12)24-3/h5-9,11,15H,4,10H2,1-3H3,(H,21,22). The Kier molecular flexibility index (Phi) is 6.53. The summed E-state index contributed by atoms with van der Waals surface area (Å²) >= 11 is 6.07. The molecule has 0 fully saturated rings. The van der Waals surface area contributed by atoms with Crippen LogP contribution in [-0.2, 0) is 11.2 Å². The second-order valence-corrected chi connectivity index (χ2v) is 5.83. The van der Waals surface area contributed by atoms with Gasteiger partial charge in [-0.15, -0.1) is 0 Å². The van der Waals surface area contributed by atoms with Crippen molar-refractivity contribution >= 4 is 17.6 Å². The molecule has 2 aromatic rings. The van der Waals surface area contributed by atoms with E-state index < -0.39 is 11.9 Å².